The van der Waals surface area contributed by atoms with Gasteiger partial charge in [-0.05, 0) is 24.5 Å². The number of likely N-dealkylation sites (tertiary alicyclic amines) is 1. The highest BCUT2D eigenvalue weighted by atomic mass is 16.2. The van der Waals surface area contributed by atoms with Gasteiger partial charge >= 0.3 is 0 Å². The summed E-state index contributed by atoms with van der Waals surface area (Å²) in [6.07, 6.45) is 4.35. The molecule has 2 fully saturated rings. The lowest BCUT2D eigenvalue weighted by atomic mass is 10.2. The predicted molar refractivity (Wildman–Crippen MR) is 55.2 cm³/mol. The Morgan fingerprint density at radius 3 is 3.13 bits per heavy atom. The summed E-state index contributed by atoms with van der Waals surface area (Å²) in [6, 6.07) is 3.57. The topological polar surface area (TPSA) is 59.2 Å². The predicted octanol–water partition coefficient (Wildman–Crippen LogP) is 0.255. The van der Waals surface area contributed by atoms with E-state index >= 15 is 0 Å². The third-order valence-corrected chi connectivity index (χ3v) is 3.40. The summed E-state index contributed by atoms with van der Waals surface area (Å²) in [7, 11) is 0. The average Bonchev–Trinajstić information content (AvgIpc) is 2.77. The second-order valence-corrected chi connectivity index (χ2v) is 4.56. The minimum Gasteiger partial charge on any atom is -0.336 e. The average molecular weight is 203 g/mol. The van der Waals surface area contributed by atoms with Crippen LogP contribution in [0.2, 0.25) is 0 Å². The van der Waals surface area contributed by atoms with Gasteiger partial charge in [-0.2, -0.15) is 0 Å². The van der Waals surface area contributed by atoms with Crippen molar-refractivity contribution in [1.29, 1.82) is 0 Å². The summed E-state index contributed by atoms with van der Waals surface area (Å²) < 4.78 is 0. The summed E-state index contributed by atoms with van der Waals surface area (Å²) in [5.74, 6) is 0.582. The van der Waals surface area contributed by atoms with Crippen molar-refractivity contribution in [1.82, 2.24) is 9.88 Å². The van der Waals surface area contributed by atoms with Gasteiger partial charge < -0.3 is 10.6 Å². The van der Waals surface area contributed by atoms with Gasteiger partial charge in [0.05, 0.1) is 5.56 Å². The molecule has 1 aromatic rings. The Morgan fingerprint density at radius 2 is 2.53 bits per heavy atom. The van der Waals surface area contributed by atoms with Crippen LogP contribution in [-0.2, 0) is 0 Å². The highest BCUT2D eigenvalue weighted by molar-refractivity contribution is 5.94. The zero-order chi connectivity index (χ0) is 10.5. The Labute approximate surface area is 88.1 Å². The Bertz CT molecular complexity index is 406. The molecule has 4 heteroatoms. The van der Waals surface area contributed by atoms with E-state index < -0.39 is 0 Å². The second kappa shape index (κ2) is 2.79. The molecule has 15 heavy (non-hydrogen) atoms. The Balaban J connectivity index is 1.77. The molecule has 2 N–H and O–H groups in total. The van der Waals surface area contributed by atoms with Crippen LogP contribution >= 0.6 is 0 Å². The molecule has 4 nitrogen and oxygen atoms in total. The fourth-order valence-electron chi connectivity index (χ4n) is 2.35. The number of hydrogen-bond acceptors (Lipinski definition) is 3. The number of rotatable bonds is 1. The molecule has 0 spiro atoms. The normalized spacial score (nSPS) is 32.6. The minimum absolute atomic E-state index is 0.0557. The fourth-order valence-corrected chi connectivity index (χ4v) is 2.35. The first kappa shape index (κ1) is 8.85. The lowest BCUT2D eigenvalue weighted by Gasteiger charge is -2.19. The molecule has 0 aromatic carbocycles. The molecule has 2 heterocycles. The van der Waals surface area contributed by atoms with Crippen molar-refractivity contribution in [2.75, 3.05) is 13.1 Å². The van der Waals surface area contributed by atoms with Gasteiger partial charge in [0, 0.05) is 31.0 Å². The molecule has 1 aliphatic heterocycles. The van der Waals surface area contributed by atoms with E-state index in [1.807, 2.05) is 4.90 Å². The van der Waals surface area contributed by atoms with Crippen LogP contribution in [0.3, 0.4) is 0 Å². The van der Waals surface area contributed by atoms with E-state index in [1.165, 1.54) is 0 Å². The van der Waals surface area contributed by atoms with Gasteiger partial charge in [0.1, 0.15) is 0 Å². The second-order valence-electron chi connectivity index (χ2n) is 4.56. The number of piperidine rings is 1. The third-order valence-electron chi connectivity index (χ3n) is 3.40. The van der Waals surface area contributed by atoms with E-state index in [1.54, 1.807) is 24.5 Å². The van der Waals surface area contributed by atoms with Crippen LogP contribution in [0.4, 0.5) is 0 Å². The van der Waals surface area contributed by atoms with E-state index in [0.29, 0.717) is 18.0 Å². The maximum absolute atomic E-state index is 12.0. The van der Waals surface area contributed by atoms with Crippen molar-refractivity contribution < 1.29 is 4.79 Å². The minimum atomic E-state index is -0.0716. The third kappa shape index (κ3) is 1.33. The first-order chi connectivity index (χ1) is 7.19. The number of nitrogens with zero attached hydrogens (tertiary/aromatic N) is 2. The van der Waals surface area contributed by atoms with Crippen LogP contribution in [0.1, 0.15) is 16.8 Å². The van der Waals surface area contributed by atoms with E-state index in [9.17, 15) is 4.79 Å². The maximum atomic E-state index is 12.0. The zero-order valence-electron chi connectivity index (χ0n) is 8.39. The summed E-state index contributed by atoms with van der Waals surface area (Å²) in [5.41, 5.74) is 6.63. The van der Waals surface area contributed by atoms with Crippen LogP contribution in [0.15, 0.2) is 24.5 Å². The molecule has 1 aliphatic carbocycles. The van der Waals surface area contributed by atoms with Crippen LogP contribution < -0.4 is 5.73 Å². The van der Waals surface area contributed by atoms with Crippen molar-refractivity contribution in [2.45, 2.75) is 12.0 Å². The van der Waals surface area contributed by atoms with E-state index in [-0.39, 0.29) is 11.4 Å². The SMILES string of the molecule is N[C@]12CC1CN(C(=O)c1cccnc1)C2. The molecule has 2 atom stereocenters. The number of carbonyl (C=O) groups excluding carboxylic acids is 1. The van der Waals surface area contributed by atoms with Crippen LogP contribution in [0.25, 0.3) is 0 Å². The lowest BCUT2D eigenvalue weighted by Crippen LogP contribution is -2.37. The van der Waals surface area contributed by atoms with Gasteiger partial charge in [0.15, 0.2) is 0 Å². The van der Waals surface area contributed by atoms with Gasteiger partial charge in [0.2, 0.25) is 0 Å². The molecular formula is C11H13N3O. The molecular weight excluding hydrogens is 190 g/mol. The number of carbonyl (C=O) groups is 1. The van der Waals surface area contributed by atoms with E-state index in [0.717, 1.165) is 13.0 Å². The highest BCUT2D eigenvalue weighted by Crippen LogP contribution is 2.47. The van der Waals surface area contributed by atoms with E-state index in [2.05, 4.69) is 4.98 Å². The van der Waals surface area contributed by atoms with Crippen molar-refractivity contribution in [3.05, 3.63) is 30.1 Å². The molecule has 1 saturated heterocycles. The van der Waals surface area contributed by atoms with E-state index in [4.69, 9.17) is 5.73 Å². The van der Waals surface area contributed by atoms with Crippen LogP contribution in [-0.4, -0.2) is 34.4 Å². The number of hydrogen-bond donors (Lipinski definition) is 1. The number of pyridine rings is 1. The van der Waals surface area contributed by atoms with Gasteiger partial charge in [-0.15, -0.1) is 0 Å². The zero-order valence-corrected chi connectivity index (χ0v) is 8.39. The van der Waals surface area contributed by atoms with Crippen molar-refractivity contribution in [2.24, 2.45) is 11.7 Å². The molecule has 2 aliphatic rings. The molecule has 1 aromatic heterocycles. The first-order valence-corrected chi connectivity index (χ1v) is 5.17. The Morgan fingerprint density at radius 1 is 1.67 bits per heavy atom. The van der Waals surface area contributed by atoms with Gasteiger partial charge in [-0.25, -0.2) is 0 Å². The largest absolute Gasteiger partial charge is 0.336 e. The maximum Gasteiger partial charge on any atom is 0.255 e. The quantitative estimate of drug-likeness (QED) is 0.712. The molecule has 0 bridgehead atoms. The summed E-state index contributed by atoms with van der Waals surface area (Å²) in [6.45, 7) is 1.51. The molecule has 0 radical (unpaired) electrons. The molecule has 1 saturated carbocycles. The van der Waals surface area contributed by atoms with Crippen LogP contribution in [0, 0.1) is 5.92 Å². The van der Waals surface area contributed by atoms with Gasteiger partial charge in [0.25, 0.3) is 5.91 Å². The number of aromatic nitrogens is 1. The first-order valence-electron chi connectivity index (χ1n) is 5.17. The monoisotopic (exact) mass is 203 g/mol. The molecule has 78 valence electrons. The number of nitrogens with two attached hydrogens (primary N) is 1. The van der Waals surface area contributed by atoms with Gasteiger partial charge in [-0.3, -0.25) is 9.78 Å². The lowest BCUT2D eigenvalue weighted by molar-refractivity contribution is 0.0772. The summed E-state index contributed by atoms with van der Waals surface area (Å²) in [5, 5.41) is 0. The highest BCUT2D eigenvalue weighted by Gasteiger charge is 2.58. The molecule has 3 rings (SSSR count). The smallest absolute Gasteiger partial charge is 0.255 e. The molecule has 1 unspecified atom stereocenters. The number of amides is 1. The van der Waals surface area contributed by atoms with Crippen LogP contribution in [0.5, 0.6) is 0 Å². The number of fused-ring (bicyclic) bond motifs is 1. The summed E-state index contributed by atoms with van der Waals surface area (Å²) in [4.78, 5) is 17.8. The standard InChI is InChI=1S/C11H13N3O/c12-11-4-9(11)6-14(7-11)10(15)8-2-1-3-13-5-8/h1-3,5,9H,4,6-7,12H2/t9?,11-/m0/s1. The Hall–Kier alpha value is -1.42. The Kier molecular flexibility index (Phi) is 1.65. The fraction of sp³-hybridized carbons (Fsp3) is 0.455. The van der Waals surface area contributed by atoms with Crippen molar-refractivity contribution in [3.63, 3.8) is 0 Å². The summed E-state index contributed by atoms with van der Waals surface area (Å²) >= 11 is 0. The molecule has 1 amide bonds. The van der Waals surface area contributed by atoms with Crippen molar-refractivity contribution in [3.8, 4) is 0 Å². The van der Waals surface area contributed by atoms with Gasteiger partial charge in [-0.1, -0.05) is 0 Å². The van der Waals surface area contributed by atoms with Crippen molar-refractivity contribution >= 4 is 5.91 Å².